The van der Waals surface area contributed by atoms with E-state index in [9.17, 15) is 22.8 Å². The molecule has 0 aliphatic carbocycles. The maximum atomic E-state index is 12.3. The first-order valence-electron chi connectivity index (χ1n) is 6.11. The molecule has 2 amide bonds. The van der Waals surface area contributed by atoms with Gasteiger partial charge in [-0.15, -0.1) is 0 Å². The molecule has 0 saturated carbocycles. The number of rotatable bonds is 3. The van der Waals surface area contributed by atoms with Crippen LogP contribution in [0.15, 0.2) is 0 Å². The number of nitrogens with one attached hydrogen (secondary N) is 1. The molecule has 2 saturated heterocycles. The molecular weight excluding hydrogens is 290 g/mol. The number of carboxylic acids is 1. The van der Waals surface area contributed by atoms with Gasteiger partial charge in [-0.3, -0.25) is 19.7 Å². The number of amides is 2. The Balaban J connectivity index is 2.15. The summed E-state index contributed by atoms with van der Waals surface area (Å²) in [4.78, 5) is 33.4. The number of carbonyl (C=O) groups excluding carboxylic acids is 2. The van der Waals surface area contributed by atoms with Gasteiger partial charge in [-0.25, -0.2) is 0 Å². The second-order valence-corrected chi connectivity index (χ2v) is 6.71. The molecule has 0 radical (unpaired) electrons. The van der Waals surface area contributed by atoms with E-state index in [1.807, 2.05) is 5.32 Å². The van der Waals surface area contributed by atoms with Gasteiger partial charge in [0.1, 0.15) is 0 Å². The number of piperidine rings is 1. The highest BCUT2D eigenvalue weighted by Gasteiger charge is 2.39. The van der Waals surface area contributed by atoms with Crippen molar-refractivity contribution in [3.63, 3.8) is 0 Å². The summed E-state index contributed by atoms with van der Waals surface area (Å²) in [7, 11) is -4.00. The van der Waals surface area contributed by atoms with E-state index in [-0.39, 0.29) is 13.1 Å². The Morgan fingerprint density at radius 1 is 1.20 bits per heavy atom. The molecule has 2 aliphatic heterocycles. The highest BCUT2D eigenvalue weighted by atomic mass is 32.2. The fourth-order valence-electron chi connectivity index (χ4n) is 2.29. The largest absolute Gasteiger partial charge is 0.481 e. The molecule has 9 nitrogen and oxygen atoms in total. The van der Waals surface area contributed by atoms with Crippen molar-refractivity contribution in [1.29, 1.82) is 0 Å². The van der Waals surface area contributed by atoms with Gasteiger partial charge >= 0.3 is 5.97 Å². The van der Waals surface area contributed by atoms with Crippen LogP contribution in [-0.4, -0.2) is 66.1 Å². The summed E-state index contributed by atoms with van der Waals surface area (Å²) in [5.74, 6) is -3.17. The van der Waals surface area contributed by atoms with Crippen molar-refractivity contribution in [2.75, 3.05) is 26.2 Å². The van der Waals surface area contributed by atoms with E-state index in [1.165, 1.54) is 0 Å². The topological polar surface area (TPSA) is 124 Å². The molecule has 112 valence electrons. The van der Waals surface area contributed by atoms with Gasteiger partial charge < -0.3 is 5.11 Å². The summed E-state index contributed by atoms with van der Waals surface area (Å²) in [6.45, 7) is -0.799. The second kappa shape index (κ2) is 5.46. The summed E-state index contributed by atoms with van der Waals surface area (Å²) in [6.07, 6.45) is 0.852. The standard InChI is InChI=1S/C10H15N3O6S/c14-8-5-13(6-9(15)11-8)20(18,19)12-3-1-2-7(4-12)10(16)17/h7H,1-6H2,(H,16,17)(H,11,14,15). The average Bonchev–Trinajstić information content (AvgIpc) is 2.37. The molecule has 2 heterocycles. The van der Waals surface area contributed by atoms with Crippen molar-refractivity contribution in [2.45, 2.75) is 12.8 Å². The van der Waals surface area contributed by atoms with Crippen LogP contribution in [0.1, 0.15) is 12.8 Å². The number of aliphatic carboxylic acids is 1. The first-order valence-corrected chi connectivity index (χ1v) is 7.51. The minimum atomic E-state index is -4.00. The number of carbonyl (C=O) groups is 3. The highest BCUT2D eigenvalue weighted by molar-refractivity contribution is 7.86. The Labute approximate surface area is 115 Å². The average molecular weight is 305 g/mol. The predicted octanol–water partition coefficient (Wildman–Crippen LogP) is -2.01. The first-order chi connectivity index (χ1) is 9.30. The van der Waals surface area contributed by atoms with Crippen LogP contribution in [0.3, 0.4) is 0 Å². The molecular formula is C10H15N3O6S. The van der Waals surface area contributed by atoms with E-state index in [0.717, 1.165) is 8.61 Å². The number of piperazine rings is 1. The molecule has 2 rings (SSSR count). The van der Waals surface area contributed by atoms with Crippen molar-refractivity contribution in [1.82, 2.24) is 13.9 Å². The van der Waals surface area contributed by atoms with Gasteiger partial charge in [0, 0.05) is 13.1 Å². The van der Waals surface area contributed by atoms with E-state index >= 15 is 0 Å². The quantitative estimate of drug-likeness (QED) is 0.580. The van der Waals surface area contributed by atoms with Crippen LogP contribution >= 0.6 is 0 Å². The Hall–Kier alpha value is -1.52. The SMILES string of the molecule is O=C1CN(S(=O)(=O)N2CCCC(C(=O)O)C2)CC(=O)N1. The monoisotopic (exact) mass is 305 g/mol. The summed E-state index contributed by atoms with van der Waals surface area (Å²) < 4.78 is 26.5. The van der Waals surface area contributed by atoms with Crippen LogP contribution in [0, 0.1) is 5.92 Å². The van der Waals surface area contributed by atoms with Crippen LogP contribution in [0.4, 0.5) is 0 Å². The molecule has 0 aromatic carbocycles. The molecule has 0 aromatic rings. The molecule has 2 N–H and O–H groups in total. The third-order valence-corrected chi connectivity index (χ3v) is 5.20. The van der Waals surface area contributed by atoms with Crippen LogP contribution < -0.4 is 5.32 Å². The molecule has 1 atom stereocenters. The lowest BCUT2D eigenvalue weighted by atomic mass is 10.0. The number of imide groups is 1. The summed E-state index contributed by atoms with van der Waals surface area (Å²) in [5, 5.41) is 11.0. The van der Waals surface area contributed by atoms with Gasteiger partial charge in [0.2, 0.25) is 11.8 Å². The molecule has 0 spiro atoms. The van der Waals surface area contributed by atoms with Crippen molar-refractivity contribution in [3.05, 3.63) is 0 Å². The van der Waals surface area contributed by atoms with Gasteiger partial charge in [-0.05, 0) is 12.8 Å². The van der Waals surface area contributed by atoms with Gasteiger partial charge in [0.15, 0.2) is 0 Å². The van der Waals surface area contributed by atoms with Crippen LogP contribution in [0.25, 0.3) is 0 Å². The van der Waals surface area contributed by atoms with Gasteiger partial charge in [0.25, 0.3) is 10.2 Å². The maximum Gasteiger partial charge on any atom is 0.307 e. The molecule has 2 aliphatic rings. The molecule has 0 bridgehead atoms. The lowest BCUT2D eigenvalue weighted by Crippen LogP contribution is -2.58. The highest BCUT2D eigenvalue weighted by Crippen LogP contribution is 2.21. The lowest BCUT2D eigenvalue weighted by molar-refractivity contribution is -0.143. The summed E-state index contributed by atoms with van der Waals surface area (Å²) in [6, 6.07) is 0. The molecule has 1 unspecified atom stereocenters. The van der Waals surface area contributed by atoms with Crippen molar-refractivity contribution < 1.29 is 27.9 Å². The zero-order valence-electron chi connectivity index (χ0n) is 10.6. The van der Waals surface area contributed by atoms with E-state index < -0.39 is 47.0 Å². The summed E-state index contributed by atoms with van der Waals surface area (Å²) >= 11 is 0. The van der Waals surface area contributed by atoms with Gasteiger partial charge in [-0.2, -0.15) is 17.0 Å². The predicted molar refractivity (Wildman–Crippen MR) is 65.6 cm³/mol. The minimum Gasteiger partial charge on any atom is -0.481 e. The fraction of sp³-hybridized carbons (Fsp3) is 0.700. The van der Waals surface area contributed by atoms with Crippen molar-refractivity contribution in [2.24, 2.45) is 5.92 Å². The Kier molecular flexibility index (Phi) is 4.06. The van der Waals surface area contributed by atoms with Crippen LogP contribution in [0.2, 0.25) is 0 Å². The second-order valence-electron chi connectivity index (χ2n) is 4.78. The molecule has 10 heteroatoms. The fourth-order valence-corrected chi connectivity index (χ4v) is 3.91. The van der Waals surface area contributed by atoms with Gasteiger partial charge in [0.05, 0.1) is 19.0 Å². The smallest absolute Gasteiger partial charge is 0.307 e. The molecule has 2 fully saturated rings. The third kappa shape index (κ3) is 2.97. The zero-order valence-corrected chi connectivity index (χ0v) is 11.4. The third-order valence-electron chi connectivity index (χ3n) is 3.30. The number of nitrogens with zero attached hydrogens (tertiary/aromatic N) is 2. The van der Waals surface area contributed by atoms with Gasteiger partial charge in [-0.1, -0.05) is 0 Å². The van der Waals surface area contributed by atoms with E-state index in [4.69, 9.17) is 5.11 Å². The van der Waals surface area contributed by atoms with E-state index in [2.05, 4.69) is 0 Å². The van der Waals surface area contributed by atoms with Crippen LogP contribution in [0.5, 0.6) is 0 Å². The Morgan fingerprint density at radius 3 is 2.35 bits per heavy atom. The molecule has 0 aromatic heterocycles. The summed E-state index contributed by atoms with van der Waals surface area (Å²) in [5.41, 5.74) is 0. The zero-order chi connectivity index (χ0) is 14.9. The van der Waals surface area contributed by atoms with Crippen LogP contribution in [-0.2, 0) is 24.6 Å². The number of carboxylic acid groups (broad SMARTS) is 1. The van der Waals surface area contributed by atoms with Crippen molar-refractivity contribution >= 4 is 28.0 Å². The minimum absolute atomic E-state index is 0.135. The number of hydrogen-bond donors (Lipinski definition) is 2. The van der Waals surface area contributed by atoms with E-state index in [1.54, 1.807) is 0 Å². The van der Waals surface area contributed by atoms with Crippen molar-refractivity contribution in [3.8, 4) is 0 Å². The number of hydrogen-bond acceptors (Lipinski definition) is 5. The normalized spacial score (nSPS) is 26.3. The Morgan fingerprint density at radius 2 is 1.80 bits per heavy atom. The lowest BCUT2D eigenvalue weighted by Gasteiger charge is -2.34. The Bertz CT molecular complexity index is 529. The first kappa shape index (κ1) is 14.9. The molecule has 20 heavy (non-hydrogen) atoms. The van der Waals surface area contributed by atoms with E-state index in [0.29, 0.717) is 12.8 Å². The maximum absolute atomic E-state index is 12.3.